The van der Waals surface area contributed by atoms with Crippen LogP contribution in [-0.4, -0.2) is 23.4 Å². The number of ketones is 2. The predicted molar refractivity (Wildman–Crippen MR) is 116 cm³/mol. The minimum atomic E-state index is -0.497. The Balaban J connectivity index is 0.000000291. The highest BCUT2D eigenvalue weighted by Crippen LogP contribution is 2.23. The van der Waals surface area contributed by atoms with Crippen molar-refractivity contribution in [2.45, 2.75) is 25.7 Å². The lowest BCUT2D eigenvalue weighted by Gasteiger charge is -2.01. The van der Waals surface area contributed by atoms with E-state index in [1.807, 2.05) is 6.07 Å². The van der Waals surface area contributed by atoms with Gasteiger partial charge >= 0.3 is 0 Å². The maximum Gasteiger partial charge on any atom is 0.217 e. The third-order valence-electron chi connectivity index (χ3n) is 3.59. The second-order valence-corrected chi connectivity index (χ2v) is 7.65. The van der Waals surface area contributed by atoms with Crippen molar-refractivity contribution in [2.75, 3.05) is 0 Å². The molecule has 2 rings (SSSR count). The summed E-state index contributed by atoms with van der Waals surface area (Å²) in [4.78, 5) is 43.9. The zero-order valence-corrected chi connectivity index (χ0v) is 18.4. The third kappa shape index (κ3) is 9.69. The van der Waals surface area contributed by atoms with Gasteiger partial charge in [0.05, 0.1) is 10.0 Å². The van der Waals surface area contributed by atoms with Gasteiger partial charge in [0.2, 0.25) is 11.8 Å². The van der Waals surface area contributed by atoms with E-state index in [0.29, 0.717) is 21.2 Å². The molecular formula is C20H19BrCl2N2O4. The largest absolute Gasteiger partial charge is 0.370 e. The quantitative estimate of drug-likeness (QED) is 0.522. The van der Waals surface area contributed by atoms with Gasteiger partial charge in [-0.15, -0.1) is 0 Å². The number of benzene rings is 2. The van der Waals surface area contributed by atoms with Crippen molar-refractivity contribution >= 4 is 62.5 Å². The number of hydrogen-bond acceptors (Lipinski definition) is 4. The number of halogens is 3. The van der Waals surface area contributed by atoms with Gasteiger partial charge in [0.1, 0.15) is 0 Å². The van der Waals surface area contributed by atoms with Crippen LogP contribution in [-0.2, 0) is 9.59 Å². The molecule has 9 heteroatoms. The third-order valence-corrected chi connectivity index (χ3v) is 4.82. The van der Waals surface area contributed by atoms with Crippen molar-refractivity contribution in [3.63, 3.8) is 0 Å². The maximum absolute atomic E-state index is 11.5. The molecule has 0 unspecified atom stereocenters. The van der Waals surface area contributed by atoms with Gasteiger partial charge in [0.25, 0.3) is 0 Å². The summed E-state index contributed by atoms with van der Waals surface area (Å²) < 4.78 is 0.849. The summed E-state index contributed by atoms with van der Waals surface area (Å²) in [6.07, 6.45) is 0.406. The molecule has 29 heavy (non-hydrogen) atoms. The normalized spacial score (nSPS) is 9.90. The lowest BCUT2D eigenvalue weighted by Crippen LogP contribution is -2.12. The molecule has 0 atom stereocenters. The minimum Gasteiger partial charge on any atom is -0.370 e. The zero-order valence-electron chi connectivity index (χ0n) is 15.3. The molecule has 0 saturated carbocycles. The van der Waals surface area contributed by atoms with E-state index >= 15 is 0 Å². The van der Waals surface area contributed by atoms with Gasteiger partial charge in [0, 0.05) is 41.3 Å². The Kier molecular flexibility index (Phi) is 10.6. The Morgan fingerprint density at radius 2 is 1.24 bits per heavy atom. The first-order valence-corrected chi connectivity index (χ1v) is 9.98. The molecule has 154 valence electrons. The lowest BCUT2D eigenvalue weighted by molar-refractivity contribution is -0.118. The van der Waals surface area contributed by atoms with Crippen LogP contribution in [0, 0.1) is 0 Å². The van der Waals surface area contributed by atoms with Crippen molar-refractivity contribution in [3.8, 4) is 0 Å². The predicted octanol–water partition coefficient (Wildman–Crippen LogP) is 4.34. The number of carbonyl (C=O) groups excluding carboxylic acids is 4. The van der Waals surface area contributed by atoms with Crippen molar-refractivity contribution in [1.82, 2.24) is 0 Å². The smallest absolute Gasteiger partial charge is 0.217 e. The Morgan fingerprint density at radius 3 is 1.69 bits per heavy atom. The molecule has 0 heterocycles. The number of Topliss-reactive ketones (excluding diaryl/α,β-unsaturated/α-hetero) is 2. The standard InChI is InChI=1S/C10H10BrNO2.C10H9Cl2NO2/c11-8-3-1-2-7(6-8)9(13)4-5-10(12)14;11-7-2-1-6(5-8(7)12)9(14)3-4-10(13)15/h1-3,6H,4-5H2,(H2,12,14);1-2,5H,3-4H2,(H2,13,15). The van der Waals surface area contributed by atoms with Gasteiger partial charge in [-0.3, -0.25) is 19.2 Å². The molecule has 0 bridgehead atoms. The average Bonchev–Trinajstić information content (AvgIpc) is 2.66. The summed E-state index contributed by atoms with van der Waals surface area (Å²) >= 11 is 14.7. The monoisotopic (exact) mass is 500 g/mol. The Bertz CT molecular complexity index is 919. The van der Waals surface area contributed by atoms with E-state index in [2.05, 4.69) is 15.9 Å². The topological polar surface area (TPSA) is 120 Å². The van der Waals surface area contributed by atoms with Crippen LogP contribution < -0.4 is 11.5 Å². The van der Waals surface area contributed by atoms with Crippen molar-refractivity contribution in [2.24, 2.45) is 11.5 Å². The van der Waals surface area contributed by atoms with E-state index < -0.39 is 11.8 Å². The molecule has 2 aromatic carbocycles. The first kappa shape index (κ1) is 24.8. The fourth-order valence-corrected chi connectivity index (χ4v) is 2.79. The molecule has 4 N–H and O–H groups in total. The van der Waals surface area contributed by atoms with Crippen LogP contribution in [0.5, 0.6) is 0 Å². The van der Waals surface area contributed by atoms with Gasteiger partial charge < -0.3 is 11.5 Å². The summed E-state index contributed by atoms with van der Waals surface area (Å²) in [6.45, 7) is 0. The van der Waals surface area contributed by atoms with Crippen LogP contribution >= 0.6 is 39.1 Å². The Morgan fingerprint density at radius 1 is 0.724 bits per heavy atom. The number of hydrogen-bond donors (Lipinski definition) is 2. The van der Waals surface area contributed by atoms with E-state index in [1.54, 1.807) is 30.3 Å². The van der Waals surface area contributed by atoms with Gasteiger partial charge in [-0.05, 0) is 30.3 Å². The molecule has 6 nitrogen and oxygen atoms in total. The highest BCUT2D eigenvalue weighted by molar-refractivity contribution is 9.10. The van der Waals surface area contributed by atoms with Crippen LogP contribution in [0.1, 0.15) is 46.4 Å². The second-order valence-electron chi connectivity index (χ2n) is 5.92. The van der Waals surface area contributed by atoms with Crippen molar-refractivity contribution < 1.29 is 19.2 Å². The van der Waals surface area contributed by atoms with Crippen LogP contribution in [0.15, 0.2) is 46.9 Å². The van der Waals surface area contributed by atoms with E-state index in [0.717, 1.165) is 4.47 Å². The lowest BCUT2D eigenvalue weighted by atomic mass is 10.1. The summed E-state index contributed by atoms with van der Waals surface area (Å²) in [5, 5.41) is 0.713. The van der Waals surface area contributed by atoms with Gasteiger partial charge in [0.15, 0.2) is 11.6 Å². The van der Waals surface area contributed by atoms with Gasteiger partial charge in [-0.1, -0.05) is 51.3 Å². The molecule has 0 aliphatic carbocycles. The van der Waals surface area contributed by atoms with Crippen molar-refractivity contribution in [3.05, 3.63) is 68.1 Å². The maximum atomic E-state index is 11.5. The van der Waals surface area contributed by atoms with E-state index in [-0.39, 0.29) is 37.2 Å². The number of amides is 2. The second kappa shape index (κ2) is 12.4. The molecule has 0 aromatic heterocycles. The molecular weight excluding hydrogens is 483 g/mol. The molecule has 0 aliphatic rings. The first-order chi connectivity index (χ1) is 13.6. The first-order valence-electron chi connectivity index (χ1n) is 8.43. The molecule has 0 fully saturated rings. The number of primary amides is 2. The number of rotatable bonds is 8. The van der Waals surface area contributed by atoms with Gasteiger partial charge in [-0.25, -0.2) is 0 Å². The SMILES string of the molecule is NC(=O)CCC(=O)c1ccc(Cl)c(Cl)c1.NC(=O)CCC(=O)c1cccc(Br)c1. The average molecular weight is 502 g/mol. The van der Waals surface area contributed by atoms with Gasteiger partial charge in [-0.2, -0.15) is 0 Å². The Hall–Kier alpha value is -2.22. The fraction of sp³-hybridized carbons (Fsp3) is 0.200. The molecule has 0 saturated heterocycles. The van der Waals surface area contributed by atoms with Crippen LogP contribution in [0.3, 0.4) is 0 Å². The molecule has 2 amide bonds. The fourth-order valence-electron chi connectivity index (χ4n) is 2.09. The Labute approximate surface area is 186 Å². The summed E-state index contributed by atoms with van der Waals surface area (Å²) in [7, 11) is 0. The van der Waals surface area contributed by atoms with E-state index in [9.17, 15) is 19.2 Å². The number of nitrogens with two attached hydrogens (primary N) is 2. The molecule has 0 spiro atoms. The number of carbonyl (C=O) groups is 4. The highest BCUT2D eigenvalue weighted by Gasteiger charge is 2.09. The van der Waals surface area contributed by atoms with Crippen molar-refractivity contribution in [1.29, 1.82) is 0 Å². The molecule has 0 radical (unpaired) electrons. The highest BCUT2D eigenvalue weighted by atomic mass is 79.9. The van der Waals surface area contributed by atoms with Crippen LogP contribution in [0.4, 0.5) is 0 Å². The van der Waals surface area contributed by atoms with E-state index in [1.165, 1.54) is 6.07 Å². The summed E-state index contributed by atoms with van der Waals surface area (Å²) in [5.41, 5.74) is 10.9. The van der Waals surface area contributed by atoms with Crippen LogP contribution in [0.2, 0.25) is 10.0 Å². The van der Waals surface area contributed by atoms with E-state index in [4.69, 9.17) is 34.7 Å². The minimum absolute atomic E-state index is 0.0408. The molecule has 2 aromatic rings. The zero-order chi connectivity index (χ0) is 22.0. The summed E-state index contributed by atoms with van der Waals surface area (Å²) in [5.74, 6) is -1.19. The summed E-state index contributed by atoms with van der Waals surface area (Å²) in [6, 6.07) is 11.6. The molecule has 0 aliphatic heterocycles. The van der Waals surface area contributed by atoms with Crippen LogP contribution in [0.25, 0.3) is 0 Å².